The number of nitrogen functional groups attached to an aromatic ring is 1. The molecule has 1 amide bonds. The van der Waals surface area contributed by atoms with Crippen molar-refractivity contribution in [2.45, 2.75) is 20.8 Å². The van der Waals surface area contributed by atoms with Crippen molar-refractivity contribution in [3.63, 3.8) is 0 Å². The highest BCUT2D eigenvalue weighted by Crippen LogP contribution is 2.37. The lowest BCUT2D eigenvalue weighted by atomic mass is 10.1. The van der Waals surface area contributed by atoms with Crippen molar-refractivity contribution in [1.82, 2.24) is 4.98 Å². The van der Waals surface area contributed by atoms with Crippen LogP contribution in [0.4, 0.5) is 11.4 Å². The lowest BCUT2D eigenvalue weighted by Crippen LogP contribution is -2.12. The lowest BCUT2D eigenvalue weighted by molar-refractivity contribution is 0.103. The zero-order valence-corrected chi connectivity index (χ0v) is 15.4. The molecular formula is C17H16BrN3OS. The minimum Gasteiger partial charge on any atom is -0.397 e. The number of para-hydroxylation sites is 1. The van der Waals surface area contributed by atoms with Crippen LogP contribution in [0.15, 0.2) is 28.7 Å². The largest absolute Gasteiger partial charge is 0.397 e. The van der Waals surface area contributed by atoms with Crippen LogP contribution in [0.1, 0.15) is 26.5 Å². The van der Waals surface area contributed by atoms with E-state index in [4.69, 9.17) is 5.73 Å². The van der Waals surface area contributed by atoms with Gasteiger partial charge in [0, 0.05) is 15.6 Å². The molecule has 3 N–H and O–H groups in total. The van der Waals surface area contributed by atoms with Gasteiger partial charge in [-0.2, -0.15) is 0 Å². The van der Waals surface area contributed by atoms with Crippen molar-refractivity contribution in [3.8, 4) is 0 Å². The van der Waals surface area contributed by atoms with Gasteiger partial charge in [-0.25, -0.2) is 4.98 Å². The molecule has 23 heavy (non-hydrogen) atoms. The topological polar surface area (TPSA) is 68.0 Å². The smallest absolute Gasteiger partial charge is 0.267 e. The summed E-state index contributed by atoms with van der Waals surface area (Å²) in [5, 5.41) is 3.78. The van der Waals surface area contributed by atoms with Crippen LogP contribution in [0.5, 0.6) is 0 Å². The molecular weight excluding hydrogens is 374 g/mol. The van der Waals surface area contributed by atoms with Crippen molar-refractivity contribution < 1.29 is 4.79 Å². The number of carbonyl (C=O) groups is 1. The monoisotopic (exact) mass is 389 g/mol. The third-order valence-electron chi connectivity index (χ3n) is 4.00. The number of nitrogens with one attached hydrogen (secondary N) is 1. The fraction of sp³-hybridized carbons (Fsp3) is 0.176. The number of aryl methyl sites for hydroxylation is 2. The molecule has 0 saturated carbocycles. The molecule has 0 aliphatic rings. The van der Waals surface area contributed by atoms with E-state index in [0.717, 1.165) is 31.5 Å². The Balaban J connectivity index is 2.07. The summed E-state index contributed by atoms with van der Waals surface area (Å²) in [6, 6.07) is 7.48. The molecule has 4 nitrogen and oxygen atoms in total. The highest BCUT2D eigenvalue weighted by atomic mass is 79.9. The molecule has 118 valence electrons. The number of fused-ring (bicyclic) bond motifs is 1. The molecule has 0 unspecified atom stereocenters. The van der Waals surface area contributed by atoms with Crippen molar-refractivity contribution in [2.24, 2.45) is 0 Å². The first-order chi connectivity index (χ1) is 10.9. The van der Waals surface area contributed by atoms with E-state index in [-0.39, 0.29) is 5.91 Å². The predicted octanol–water partition coefficient (Wildman–Crippen LogP) is 4.82. The number of hydrogen-bond acceptors (Lipinski definition) is 4. The fourth-order valence-corrected chi connectivity index (χ4v) is 3.96. The van der Waals surface area contributed by atoms with Crippen molar-refractivity contribution in [2.75, 3.05) is 11.1 Å². The Morgan fingerprint density at radius 2 is 1.91 bits per heavy atom. The fourth-order valence-electron chi connectivity index (χ4n) is 2.48. The molecule has 0 aliphatic carbocycles. The zero-order chi connectivity index (χ0) is 16.7. The van der Waals surface area contributed by atoms with Crippen LogP contribution in [-0.2, 0) is 0 Å². The van der Waals surface area contributed by atoms with E-state index < -0.39 is 0 Å². The molecule has 2 aromatic heterocycles. The van der Waals surface area contributed by atoms with Crippen LogP contribution in [0.3, 0.4) is 0 Å². The molecule has 2 heterocycles. The number of thiophene rings is 1. The second-order valence-electron chi connectivity index (χ2n) is 5.41. The Bertz CT molecular complexity index is 933. The SMILES string of the molecule is Cc1nc2sc(C(=O)Nc3ccccc3Br)c(N)c2c(C)c1C. The number of anilines is 2. The Hall–Kier alpha value is -1.92. The maximum atomic E-state index is 12.6. The van der Waals surface area contributed by atoms with Gasteiger partial charge in [0.1, 0.15) is 9.71 Å². The minimum atomic E-state index is -0.216. The van der Waals surface area contributed by atoms with E-state index in [0.29, 0.717) is 16.3 Å². The van der Waals surface area contributed by atoms with Gasteiger partial charge in [0.05, 0.1) is 11.4 Å². The molecule has 0 bridgehead atoms. The number of rotatable bonds is 2. The van der Waals surface area contributed by atoms with Gasteiger partial charge in [0.25, 0.3) is 5.91 Å². The second-order valence-corrected chi connectivity index (χ2v) is 7.26. The average Bonchev–Trinajstić information content (AvgIpc) is 2.84. The van der Waals surface area contributed by atoms with Gasteiger partial charge >= 0.3 is 0 Å². The van der Waals surface area contributed by atoms with Crippen LogP contribution < -0.4 is 11.1 Å². The quantitative estimate of drug-likeness (QED) is 0.659. The summed E-state index contributed by atoms with van der Waals surface area (Å²) in [6.07, 6.45) is 0. The van der Waals surface area contributed by atoms with E-state index in [1.807, 2.05) is 45.0 Å². The van der Waals surface area contributed by atoms with Gasteiger partial charge in [-0.3, -0.25) is 4.79 Å². The first kappa shape index (κ1) is 16.0. The summed E-state index contributed by atoms with van der Waals surface area (Å²) in [7, 11) is 0. The first-order valence-electron chi connectivity index (χ1n) is 7.11. The van der Waals surface area contributed by atoms with Crippen LogP contribution in [0, 0.1) is 20.8 Å². The number of nitrogens with zero attached hydrogens (tertiary/aromatic N) is 1. The summed E-state index contributed by atoms with van der Waals surface area (Å²) >= 11 is 4.76. The highest BCUT2D eigenvalue weighted by molar-refractivity contribution is 9.10. The zero-order valence-electron chi connectivity index (χ0n) is 13.0. The number of carbonyl (C=O) groups excluding carboxylic acids is 1. The van der Waals surface area contributed by atoms with Crippen LogP contribution in [0.25, 0.3) is 10.2 Å². The standard InChI is InChI=1S/C17H16BrN3OS/c1-8-9(2)13-14(19)15(23-17(13)20-10(8)3)16(22)21-12-7-5-4-6-11(12)18/h4-7H,19H2,1-3H3,(H,21,22). The molecule has 0 fully saturated rings. The van der Waals surface area contributed by atoms with Gasteiger partial charge in [-0.15, -0.1) is 11.3 Å². The van der Waals surface area contributed by atoms with Gasteiger partial charge in [-0.05, 0) is 60.0 Å². The van der Waals surface area contributed by atoms with Crippen LogP contribution >= 0.6 is 27.3 Å². The normalized spacial score (nSPS) is 11.0. The van der Waals surface area contributed by atoms with E-state index in [1.165, 1.54) is 11.3 Å². The van der Waals surface area contributed by atoms with E-state index in [1.54, 1.807) is 0 Å². The van der Waals surface area contributed by atoms with Crippen molar-refractivity contribution in [1.29, 1.82) is 0 Å². The third-order valence-corrected chi connectivity index (χ3v) is 5.79. The van der Waals surface area contributed by atoms with Gasteiger partial charge < -0.3 is 11.1 Å². The van der Waals surface area contributed by atoms with Crippen LogP contribution in [0.2, 0.25) is 0 Å². The van der Waals surface area contributed by atoms with Gasteiger partial charge in [-0.1, -0.05) is 12.1 Å². The molecule has 0 saturated heterocycles. The first-order valence-corrected chi connectivity index (χ1v) is 8.72. The second kappa shape index (κ2) is 5.94. The number of amides is 1. The van der Waals surface area contributed by atoms with Crippen molar-refractivity contribution >= 4 is 54.8 Å². The summed E-state index contributed by atoms with van der Waals surface area (Å²) < 4.78 is 0.828. The number of benzene rings is 1. The van der Waals surface area contributed by atoms with Gasteiger partial charge in [0.15, 0.2) is 0 Å². The molecule has 0 spiro atoms. The molecule has 1 aromatic carbocycles. The summed E-state index contributed by atoms with van der Waals surface area (Å²) in [5.41, 5.74) is 10.6. The Morgan fingerprint density at radius 1 is 1.22 bits per heavy atom. The third kappa shape index (κ3) is 2.72. The van der Waals surface area contributed by atoms with Crippen molar-refractivity contribution in [3.05, 3.63) is 50.4 Å². The van der Waals surface area contributed by atoms with E-state index >= 15 is 0 Å². The number of hydrogen-bond donors (Lipinski definition) is 2. The Morgan fingerprint density at radius 3 is 2.61 bits per heavy atom. The molecule has 0 aliphatic heterocycles. The predicted molar refractivity (Wildman–Crippen MR) is 100 cm³/mol. The maximum absolute atomic E-state index is 12.6. The molecule has 3 rings (SSSR count). The number of aromatic nitrogens is 1. The Labute approximate surface area is 146 Å². The number of pyridine rings is 1. The molecule has 0 atom stereocenters. The van der Waals surface area contributed by atoms with Crippen LogP contribution in [-0.4, -0.2) is 10.9 Å². The summed E-state index contributed by atoms with van der Waals surface area (Å²) in [5.74, 6) is -0.216. The number of halogens is 1. The molecule has 6 heteroatoms. The summed E-state index contributed by atoms with van der Waals surface area (Å²) in [6.45, 7) is 6.01. The highest BCUT2D eigenvalue weighted by Gasteiger charge is 2.20. The van der Waals surface area contributed by atoms with E-state index in [2.05, 4.69) is 26.2 Å². The maximum Gasteiger partial charge on any atom is 0.267 e. The molecule has 0 radical (unpaired) electrons. The van der Waals surface area contributed by atoms with Gasteiger partial charge in [0.2, 0.25) is 0 Å². The lowest BCUT2D eigenvalue weighted by Gasteiger charge is -2.07. The number of nitrogens with two attached hydrogens (primary N) is 1. The average molecular weight is 390 g/mol. The minimum absolute atomic E-state index is 0.216. The Kier molecular flexibility index (Phi) is 4.12. The summed E-state index contributed by atoms with van der Waals surface area (Å²) in [4.78, 5) is 18.5. The molecule has 3 aromatic rings. The van der Waals surface area contributed by atoms with E-state index in [9.17, 15) is 4.79 Å².